The summed E-state index contributed by atoms with van der Waals surface area (Å²) in [6.07, 6.45) is 1.57. The molecule has 1 fully saturated rings. The predicted molar refractivity (Wildman–Crippen MR) is 126 cm³/mol. The van der Waals surface area contributed by atoms with Crippen LogP contribution in [0.1, 0.15) is 18.2 Å². The number of sulfone groups is 1. The Balaban J connectivity index is 1.56. The van der Waals surface area contributed by atoms with Crippen molar-refractivity contribution in [1.82, 2.24) is 14.9 Å². The van der Waals surface area contributed by atoms with Crippen molar-refractivity contribution in [3.8, 4) is 6.07 Å². The third-order valence-electron chi connectivity index (χ3n) is 5.65. The normalized spacial score (nSPS) is 18.8. The van der Waals surface area contributed by atoms with E-state index < -0.39 is 9.84 Å². The van der Waals surface area contributed by atoms with E-state index in [2.05, 4.69) is 26.7 Å². The lowest BCUT2D eigenvalue weighted by molar-refractivity contribution is -0.117. The van der Waals surface area contributed by atoms with Gasteiger partial charge in [0.15, 0.2) is 9.84 Å². The fourth-order valence-electron chi connectivity index (χ4n) is 3.91. The van der Waals surface area contributed by atoms with Crippen LogP contribution in [0, 0.1) is 18.3 Å². The summed E-state index contributed by atoms with van der Waals surface area (Å²) in [5.41, 5.74) is 3.37. The van der Waals surface area contributed by atoms with E-state index in [1.54, 1.807) is 11.1 Å². The first-order valence-electron chi connectivity index (χ1n) is 10.7. The second-order valence-corrected chi connectivity index (χ2v) is 10.2. The van der Waals surface area contributed by atoms with Gasteiger partial charge in [-0.3, -0.25) is 15.0 Å². The van der Waals surface area contributed by atoms with E-state index >= 15 is 0 Å². The molecule has 2 aliphatic heterocycles. The summed E-state index contributed by atoms with van der Waals surface area (Å²) >= 11 is 0. The van der Waals surface area contributed by atoms with Crippen molar-refractivity contribution >= 4 is 38.6 Å². The molecule has 4 rings (SSSR count). The number of hydrogen-bond donors (Lipinski definition) is 2. The molecule has 1 aromatic carbocycles. The number of aryl methyl sites for hydroxylation is 1. The number of amides is 1. The topological polar surface area (TPSA) is 131 Å². The van der Waals surface area contributed by atoms with E-state index in [4.69, 9.17) is 0 Å². The van der Waals surface area contributed by atoms with E-state index in [-0.39, 0.29) is 29.9 Å². The first-order valence-corrected chi connectivity index (χ1v) is 12.5. The number of para-hydroxylation sites is 2. The van der Waals surface area contributed by atoms with Crippen LogP contribution in [-0.2, 0) is 14.6 Å². The van der Waals surface area contributed by atoms with E-state index in [1.807, 2.05) is 43.0 Å². The number of rotatable bonds is 5. The summed E-state index contributed by atoms with van der Waals surface area (Å²) in [6.45, 7) is 5.16. The molecule has 2 aliphatic rings. The van der Waals surface area contributed by atoms with E-state index in [0.29, 0.717) is 42.3 Å². The smallest absolute Gasteiger partial charge is 0.240 e. The van der Waals surface area contributed by atoms with Crippen LogP contribution in [0.2, 0.25) is 0 Å². The molecule has 0 aliphatic carbocycles. The summed E-state index contributed by atoms with van der Waals surface area (Å²) < 4.78 is 23.1. The van der Waals surface area contributed by atoms with Gasteiger partial charge in [0.05, 0.1) is 35.1 Å². The molecule has 2 aromatic rings. The van der Waals surface area contributed by atoms with Crippen LogP contribution in [0.5, 0.6) is 0 Å². The summed E-state index contributed by atoms with van der Waals surface area (Å²) in [6, 6.07) is 10.1. The molecular weight excluding hydrogens is 442 g/mol. The molecule has 0 spiro atoms. The lowest BCUT2D eigenvalue weighted by Gasteiger charge is -2.25. The van der Waals surface area contributed by atoms with Gasteiger partial charge in [0, 0.05) is 25.8 Å². The van der Waals surface area contributed by atoms with Crippen molar-refractivity contribution in [3.63, 3.8) is 0 Å². The van der Waals surface area contributed by atoms with Gasteiger partial charge < -0.3 is 10.2 Å². The highest BCUT2D eigenvalue weighted by atomic mass is 32.2. The van der Waals surface area contributed by atoms with Crippen molar-refractivity contribution in [2.45, 2.75) is 13.8 Å². The number of carbonyl (C=O) groups is 1. The Labute approximate surface area is 192 Å². The first-order chi connectivity index (χ1) is 15.8. The molecule has 0 saturated carbocycles. The van der Waals surface area contributed by atoms with Crippen LogP contribution in [0.4, 0.5) is 17.3 Å². The van der Waals surface area contributed by atoms with Gasteiger partial charge in [0.25, 0.3) is 0 Å². The van der Waals surface area contributed by atoms with E-state index in [1.165, 1.54) is 0 Å². The SMILES string of the molecule is CCN1/C(=C(\C#N)c2nc(NC(=O)CN3CCS(=O)(=O)CC3)ncc2C)Nc2ccccc21. The molecule has 0 bridgehead atoms. The predicted octanol–water partition coefficient (Wildman–Crippen LogP) is 1.60. The van der Waals surface area contributed by atoms with Gasteiger partial charge in [-0.15, -0.1) is 0 Å². The highest BCUT2D eigenvalue weighted by Crippen LogP contribution is 2.38. The molecule has 10 nitrogen and oxygen atoms in total. The number of nitrogens with zero attached hydrogens (tertiary/aromatic N) is 5. The van der Waals surface area contributed by atoms with Gasteiger partial charge in [0.1, 0.15) is 17.5 Å². The van der Waals surface area contributed by atoms with Crippen LogP contribution in [0.3, 0.4) is 0 Å². The minimum absolute atomic E-state index is 0.0495. The van der Waals surface area contributed by atoms with Crippen molar-refractivity contribution in [1.29, 1.82) is 5.26 Å². The maximum atomic E-state index is 12.5. The number of fused-ring (bicyclic) bond motifs is 1. The average molecular weight is 468 g/mol. The Morgan fingerprint density at radius 1 is 1.27 bits per heavy atom. The lowest BCUT2D eigenvalue weighted by atomic mass is 10.1. The number of benzene rings is 1. The van der Waals surface area contributed by atoms with Gasteiger partial charge in [0.2, 0.25) is 11.9 Å². The molecule has 0 radical (unpaired) electrons. The van der Waals surface area contributed by atoms with Crippen LogP contribution >= 0.6 is 0 Å². The molecule has 2 N–H and O–H groups in total. The number of carbonyl (C=O) groups excluding carboxylic acids is 1. The minimum Gasteiger partial charge on any atom is -0.339 e. The van der Waals surface area contributed by atoms with Gasteiger partial charge in [-0.1, -0.05) is 12.1 Å². The largest absolute Gasteiger partial charge is 0.339 e. The van der Waals surface area contributed by atoms with Crippen LogP contribution < -0.4 is 15.5 Å². The summed E-state index contributed by atoms with van der Waals surface area (Å²) in [4.78, 5) is 25.0. The highest BCUT2D eigenvalue weighted by Gasteiger charge is 2.28. The second-order valence-electron chi connectivity index (χ2n) is 7.92. The Morgan fingerprint density at radius 2 is 2.00 bits per heavy atom. The number of nitriles is 1. The van der Waals surface area contributed by atoms with Gasteiger partial charge >= 0.3 is 0 Å². The minimum atomic E-state index is -3.01. The van der Waals surface area contributed by atoms with Gasteiger partial charge in [-0.05, 0) is 31.5 Å². The fraction of sp³-hybridized carbons (Fsp3) is 0.364. The standard InChI is InChI=1S/C22H25N7O3S/c1-3-29-18-7-5-4-6-17(18)25-21(29)16(12-23)20-15(2)13-24-22(27-20)26-19(30)14-28-8-10-33(31,32)11-9-28/h4-7,13,25H,3,8-11,14H2,1-2H3,(H,24,26,27,30)/b21-16+. The number of aromatic nitrogens is 2. The zero-order valence-electron chi connectivity index (χ0n) is 18.5. The number of allylic oxidation sites excluding steroid dienone is 1. The molecule has 1 saturated heterocycles. The third-order valence-corrected chi connectivity index (χ3v) is 7.26. The van der Waals surface area contributed by atoms with Crippen molar-refractivity contribution in [2.24, 2.45) is 0 Å². The van der Waals surface area contributed by atoms with E-state index in [9.17, 15) is 18.5 Å². The van der Waals surface area contributed by atoms with Gasteiger partial charge in [-0.25, -0.2) is 18.4 Å². The zero-order chi connectivity index (χ0) is 23.6. The molecule has 3 heterocycles. The Morgan fingerprint density at radius 3 is 2.70 bits per heavy atom. The Kier molecular flexibility index (Phi) is 6.31. The van der Waals surface area contributed by atoms with Crippen molar-refractivity contribution in [3.05, 3.63) is 47.5 Å². The maximum absolute atomic E-state index is 12.5. The average Bonchev–Trinajstić information content (AvgIpc) is 3.16. The van der Waals surface area contributed by atoms with Crippen LogP contribution in [-0.4, -0.2) is 66.9 Å². The molecular formula is C22H25N7O3S. The van der Waals surface area contributed by atoms with Crippen LogP contribution in [0.25, 0.3) is 5.57 Å². The summed E-state index contributed by atoms with van der Waals surface area (Å²) in [5.74, 6) is 0.491. The molecule has 11 heteroatoms. The highest BCUT2D eigenvalue weighted by molar-refractivity contribution is 7.91. The Bertz CT molecular complexity index is 1250. The van der Waals surface area contributed by atoms with Crippen LogP contribution in [0.15, 0.2) is 36.3 Å². The molecule has 0 unspecified atom stereocenters. The third kappa shape index (κ3) is 4.81. The Hall–Kier alpha value is -3.49. The summed E-state index contributed by atoms with van der Waals surface area (Å²) in [5, 5.41) is 16.0. The number of anilines is 3. The lowest BCUT2D eigenvalue weighted by Crippen LogP contribution is -2.44. The molecule has 172 valence electrons. The quantitative estimate of drug-likeness (QED) is 0.629. The molecule has 0 atom stereocenters. The first kappa shape index (κ1) is 22.7. The number of nitrogens with one attached hydrogen (secondary N) is 2. The van der Waals surface area contributed by atoms with Crippen molar-refractivity contribution < 1.29 is 13.2 Å². The van der Waals surface area contributed by atoms with E-state index in [0.717, 1.165) is 11.4 Å². The van der Waals surface area contributed by atoms with Gasteiger partial charge in [-0.2, -0.15) is 5.26 Å². The molecule has 33 heavy (non-hydrogen) atoms. The second kappa shape index (κ2) is 9.17. The zero-order valence-corrected chi connectivity index (χ0v) is 19.3. The fourth-order valence-corrected chi connectivity index (χ4v) is 5.18. The van der Waals surface area contributed by atoms with Crippen molar-refractivity contribution in [2.75, 3.05) is 53.2 Å². The maximum Gasteiger partial charge on any atom is 0.240 e. The number of hydrogen-bond acceptors (Lipinski definition) is 9. The summed E-state index contributed by atoms with van der Waals surface area (Å²) in [7, 11) is -3.01. The molecule has 1 aromatic heterocycles. The monoisotopic (exact) mass is 467 g/mol. The molecule has 1 amide bonds.